The molecule has 7 nitrogen and oxygen atoms in total. The molecule has 1 N–H and O–H groups in total. The molecule has 2 heterocycles. The third-order valence-electron chi connectivity index (χ3n) is 3.14. The number of pyridine rings is 1. The van der Waals surface area contributed by atoms with Crippen molar-refractivity contribution in [2.75, 3.05) is 26.9 Å². The first kappa shape index (κ1) is 14.4. The summed E-state index contributed by atoms with van der Waals surface area (Å²) in [6, 6.07) is 2.71. The van der Waals surface area contributed by atoms with E-state index in [2.05, 4.69) is 4.98 Å². The van der Waals surface area contributed by atoms with Crippen molar-refractivity contribution in [3.8, 4) is 0 Å². The number of hydrogen-bond donors (Lipinski definition) is 1. The van der Waals surface area contributed by atoms with Crippen LogP contribution in [0.4, 0.5) is 0 Å². The fourth-order valence-corrected chi connectivity index (χ4v) is 2.06. The highest BCUT2D eigenvalue weighted by Gasteiger charge is 2.30. The van der Waals surface area contributed by atoms with Crippen LogP contribution in [0.25, 0.3) is 0 Å². The first-order valence-corrected chi connectivity index (χ1v) is 6.19. The minimum atomic E-state index is -1.06. The van der Waals surface area contributed by atoms with Crippen molar-refractivity contribution in [1.82, 2.24) is 9.88 Å². The molecule has 1 aliphatic heterocycles. The summed E-state index contributed by atoms with van der Waals surface area (Å²) in [5.41, 5.74) is 0.839. The van der Waals surface area contributed by atoms with Crippen LogP contribution in [0.5, 0.6) is 0 Å². The number of aromatic carboxylic acids is 1. The summed E-state index contributed by atoms with van der Waals surface area (Å²) in [7, 11) is 1.35. The molecule has 0 amide bonds. The molecule has 20 heavy (non-hydrogen) atoms. The van der Waals surface area contributed by atoms with Gasteiger partial charge in [0.15, 0.2) is 0 Å². The molecule has 1 saturated heterocycles. The molecule has 0 aromatic carbocycles. The van der Waals surface area contributed by atoms with E-state index in [0.29, 0.717) is 26.3 Å². The van der Waals surface area contributed by atoms with Crippen LogP contribution >= 0.6 is 0 Å². The first-order chi connectivity index (χ1) is 9.61. The van der Waals surface area contributed by atoms with Crippen molar-refractivity contribution in [2.45, 2.75) is 12.6 Å². The number of carboxylic acid groups (broad SMARTS) is 1. The van der Waals surface area contributed by atoms with Crippen LogP contribution in [0.1, 0.15) is 16.1 Å². The van der Waals surface area contributed by atoms with Gasteiger partial charge in [-0.3, -0.25) is 9.69 Å². The van der Waals surface area contributed by atoms with E-state index in [1.54, 1.807) is 6.07 Å². The number of rotatable bonds is 4. The number of morpholine rings is 1. The number of carbonyl (C=O) groups excluding carboxylic acids is 1. The van der Waals surface area contributed by atoms with E-state index in [-0.39, 0.29) is 11.7 Å². The number of methoxy groups -OCH3 is 1. The van der Waals surface area contributed by atoms with Crippen LogP contribution in [-0.2, 0) is 20.8 Å². The Morgan fingerprint density at radius 3 is 2.95 bits per heavy atom. The minimum Gasteiger partial charge on any atom is -0.477 e. The first-order valence-electron chi connectivity index (χ1n) is 6.19. The lowest BCUT2D eigenvalue weighted by Gasteiger charge is -2.33. The molecular formula is C13H16N2O5. The van der Waals surface area contributed by atoms with Gasteiger partial charge >= 0.3 is 11.9 Å². The normalized spacial score (nSPS) is 19.6. The van der Waals surface area contributed by atoms with Gasteiger partial charge in [0.1, 0.15) is 11.7 Å². The third-order valence-corrected chi connectivity index (χ3v) is 3.14. The summed E-state index contributed by atoms with van der Waals surface area (Å²) in [4.78, 5) is 28.2. The van der Waals surface area contributed by atoms with Gasteiger partial charge in [0.2, 0.25) is 0 Å². The van der Waals surface area contributed by atoms with Crippen LogP contribution < -0.4 is 0 Å². The SMILES string of the molecule is COC(=O)C1COCCN1Cc1ccc(C(=O)O)nc1. The molecule has 1 atom stereocenters. The second kappa shape index (κ2) is 6.44. The van der Waals surface area contributed by atoms with Gasteiger partial charge in [-0.05, 0) is 11.6 Å². The summed E-state index contributed by atoms with van der Waals surface area (Å²) >= 11 is 0. The molecule has 108 valence electrons. The topological polar surface area (TPSA) is 89.0 Å². The summed E-state index contributed by atoms with van der Waals surface area (Å²) in [5.74, 6) is -1.39. The predicted molar refractivity (Wildman–Crippen MR) is 68.2 cm³/mol. The molecule has 0 spiro atoms. The summed E-state index contributed by atoms with van der Waals surface area (Å²) in [6.45, 7) is 1.96. The molecule has 2 rings (SSSR count). The fraction of sp³-hybridized carbons (Fsp3) is 0.462. The molecule has 0 radical (unpaired) electrons. The predicted octanol–water partition coefficient (Wildman–Crippen LogP) is 0.154. The van der Waals surface area contributed by atoms with Gasteiger partial charge in [-0.15, -0.1) is 0 Å². The van der Waals surface area contributed by atoms with Crippen LogP contribution in [0.15, 0.2) is 18.3 Å². The van der Waals surface area contributed by atoms with E-state index in [1.807, 2.05) is 4.90 Å². The van der Waals surface area contributed by atoms with E-state index in [4.69, 9.17) is 14.6 Å². The largest absolute Gasteiger partial charge is 0.477 e. The summed E-state index contributed by atoms with van der Waals surface area (Å²) in [5, 5.41) is 8.79. The number of aromatic nitrogens is 1. The average Bonchev–Trinajstić information content (AvgIpc) is 2.47. The zero-order valence-electron chi connectivity index (χ0n) is 11.1. The molecule has 0 bridgehead atoms. The highest BCUT2D eigenvalue weighted by Crippen LogP contribution is 2.13. The van der Waals surface area contributed by atoms with Crippen molar-refractivity contribution in [1.29, 1.82) is 0 Å². The third kappa shape index (κ3) is 3.31. The maximum atomic E-state index is 11.7. The van der Waals surface area contributed by atoms with E-state index in [9.17, 15) is 9.59 Å². The van der Waals surface area contributed by atoms with Crippen LogP contribution in [0, 0.1) is 0 Å². The molecule has 1 aromatic rings. The van der Waals surface area contributed by atoms with Crippen LogP contribution in [-0.4, -0.2) is 59.8 Å². The Morgan fingerprint density at radius 2 is 2.35 bits per heavy atom. The number of carboxylic acids is 1. The summed E-state index contributed by atoms with van der Waals surface area (Å²) in [6.07, 6.45) is 1.51. The van der Waals surface area contributed by atoms with Gasteiger partial charge in [-0.25, -0.2) is 9.78 Å². The summed E-state index contributed by atoms with van der Waals surface area (Å²) < 4.78 is 10.0. The van der Waals surface area contributed by atoms with Gasteiger partial charge in [0.05, 0.1) is 20.3 Å². The van der Waals surface area contributed by atoms with Crippen molar-refractivity contribution in [3.05, 3.63) is 29.6 Å². The van der Waals surface area contributed by atoms with E-state index >= 15 is 0 Å². The number of nitrogens with zero attached hydrogens (tertiary/aromatic N) is 2. The Bertz CT molecular complexity index is 488. The van der Waals surface area contributed by atoms with Gasteiger partial charge in [-0.2, -0.15) is 0 Å². The van der Waals surface area contributed by atoms with Gasteiger partial charge in [-0.1, -0.05) is 6.07 Å². The zero-order chi connectivity index (χ0) is 14.5. The lowest BCUT2D eigenvalue weighted by molar-refractivity contribution is -0.153. The number of hydrogen-bond acceptors (Lipinski definition) is 6. The maximum absolute atomic E-state index is 11.7. The number of ether oxygens (including phenoxy) is 2. The maximum Gasteiger partial charge on any atom is 0.354 e. The lowest BCUT2D eigenvalue weighted by atomic mass is 10.1. The standard InChI is InChI=1S/C13H16N2O5/c1-19-13(18)11-8-20-5-4-15(11)7-9-2-3-10(12(16)17)14-6-9/h2-3,6,11H,4-5,7-8H2,1H3,(H,16,17). The highest BCUT2D eigenvalue weighted by atomic mass is 16.5. The Kier molecular flexibility index (Phi) is 4.65. The van der Waals surface area contributed by atoms with E-state index in [0.717, 1.165) is 5.56 Å². The molecule has 0 saturated carbocycles. The monoisotopic (exact) mass is 280 g/mol. The number of carbonyl (C=O) groups is 2. The number of esters is 1. The van der Waals surface area contributed by atoms with E-state index in [1.165, 1.54) is 19.4 Å². The van der Waals surface area contributed by atoms with Crippen molar-refractivity contribution < 1.29 is 24.2 Å². The fourth-order valence-electron chi connectivity index (χ4n) is 2.06. The molecule has 1 unspecified atom stereocenters. The van der Waals surface area contributed by atoms with Crippen molar-refractivity contribution >= 4 is 11.9 Å². The van der Waals surface area contributed by atoms with Crippen LogP contribution in [0.3, 0.4) is 0 Å². The second-order valence-corrected chi connectivity index (χ2v) is 4.44. The van der Waals surface area contributed by atoms with Gasteiger partial charge < -0.3 is 14.6 Å². The minimum absolute atomic E-state index is 0.000227. The molecule has 1 fully saturated rings. The lowest BCUT2D eigenvalue weighted by Crippen LogP contribution is -2.49. The second-order valence-electron chi connectivity index (χ2n) is 4.44. The Balaban J connectivity index is 2.06. The Morgan fingerprint density at radius 1 is 1.55 bits per heavy atom. The smallest absolute Gasteiger partial charge is 0.354 e. The quantitative estimate of drug-likeness (QED) is 0.785. The van der Waals surface area contributed by atoms with Crippen molar-refractivity contribution in [3.63, 3.8) is 0 Å². The van der Waals surface area contributed by atoms with Crippen LogP contribution in [0.2, 0.25) is 0 Å². The Labute approximate surface area is 116 Å². The van der Waals surface area contributed by atoms with Gasteiger partial charge in [0, 0.05) is 19.3 Å². The zero-order valence-corrected chi connectivity index (χ0v) is 11.1. The van der Waals surface area contributed by atoms with E-state index < -0.39 is 12.0 Å². The molecule has 1 aromatic heterocycles. The molecular weight excluding hydrogens is 264 g/mol. The highest BCUT2D eigenvalue weighted by molar-refractivity contribution is 5.85. The molecule has 1 aliphatic rings. The molecule has 7 heteroatoms. The average molecular weight is 280 g/mol. The van der Waals surface area contributed by atoms with Crippen molar-refractivity contribution in [2.24, 2.45) is 0 Å². The van der Waals surface area contributed by atoms with Gasteiger partial charge in [0.25, 0.3) is 0 Å². The Hall–Kier alpha value is -1.99. The molecule has 0 aliphatic carbocycles.